The van der Waals surface area contributed by atoms with E-state index in [1.807, 2.05) is 13.8 Å². The zero-order valence-electron chi connectivity index (χ0n) is 11.3. The summed E-state index contributed by atoms with van der Waals surface area (Å²) in [5.74, 6) is -0.192. The zero-order valence-corrected chi connectivity index (χ0v) is 12.1. The Labute approximate surface area is 119 Å². The fraction of sp³-hybridized carbons (Fsp3) is 0.538. The first-order valence-corrected chi connectivity index (χ1v) is 7.12. The molecule has 0 saturated heterocycles. The van der Waals surface area contributed by atoms with Crippen molar-refractivity contribution in [1.82, 2.24) is 5.32 Å². The normalized spacial score (nSPS) is 11.9. The standard InChI is InChI=1S/C13H17F4NOS/c1-9(2)18-8-10-7-11(14)3-4-12(10)19-5-6-20-13(15,16)17/h3-4,7,9,18H,5-6,8H2,1-2H3. The highest BCUT2D eigenvalue weighted by atomic mass is 32.2. The van der Waals surface area contributed by atoms with E-state index < -0.39 is 11.3 Å². The van der Waals surface area contributed by atoms with Crippen LogP contribution in [0.2, 0.25) is 0 Å². The van der Waals surface area contributed by atoms with Crippen molar-refractivity contribution in [1.29, 1.82) is 0 Å². The third kappa shape index (κ3) is 7.00. The van der Waals surface area contributed by atoms with Crippen LogP contribution >= 0.6 is 11.8 Å². The van der Waals surface area contributed by atoms with Crippen LogP contribution in [0.3, 0.4) is 0 Å². The number of ether oxygens (including phenoxy) is 1. The molecule has 0 aliphatic carbocycles. The number of hydrogen-bond acceptors (Lipinski definition) is 3. The second-order valence-electron chi connectivity index (χ2n) is 4.43. The number of rotatable bonds is 7. The summed E-state index contributed by atoms with van der Waals surface area (Å²) in [5, 5.41) is 3.11. The number of alkyl halides is 3. The summed E-state index contributed by atoms with van der Waals surface area (Å²) in [5.41, 5.74) is -3.66. The molecule has 0 unspecified atom stereocenters. The minimum Gasteiger partial charge on any atom is -0.492 e. The minimum atomic E-state index is -4.26. The maximum absolute atomic E-state index is 13.2. The summed E-state index contributed by atoms with van der Waals surface area (Å²) < 4.78 is 54.4. The van der Waals surface area contributed by atoms with Gasteiger partial charge >= 0.3 is 5.51 Å². The largest absolute Gasteiger partial charge is 0.492 e. The molecular weight excluding hydrogens is 294 g/mol. The molecular formula is C13H17F4NOS. The summed E-state index contributed by atoms with van der Waals surface area (Å²) in [6, 6.07) is 4.20. The summed E-state index contributed by atoms with van der Waals surface area (Å²) in [6.07, 6.45) is 0. The summed E-state index contributed by atoms with van der Waals surface area (Å²) in [7, 11) is 0. The molecule has 20 heavy (non-hydrogen) atoms. The molecule has 0 aromatic heterocycles. The second kappa shape index (κ2) is 7.73. The molecule has 0 heterocycles. The van der Waals surface area contributed by atoms with E-state index in [1.165, 1.54) is 18.2 Å². The van der Waals surface area contributed by atoms with Crippen molar-refractivity contribution in [3.8, 4) is 5.75 Å². The molecule has 1 rings (SSSR count). The van der Waals surface area contributed by atoms with E-state index in [4.69, 9.17) is 4.74 Å². The van der Waals surface area contributed by atoms with Gasteiger partial charge in [-0.15, -0.1) is 0 Å². The maximum atomic E-state index is 13.2. The zero-order chi connectivity index (χ0) is 15.2. The van der Waals surface area contributed by atoms with Crippen molar-refractivity contribution in [2.75, 3.05) is 12.4 Å². The van der Waals surface area contributed by atoms with Gasteiger partial charge in [0.1, 0.15) is 11.6 Å². The Hall–Kier alpha value is -0.950. The van der Waals surface area contributed by atoms with Gasteiger partial charge in [-0.3, -0.25) is 0 Å². The van der Waals surface area contributed by atoms with Gasteiger partial charge in [-0.1, -0.05) is 13.8 Å². The number of hydrogen-bond donors (Lipinski definition) is 1. The van der Waals surface area contributed by atoms with Crippen LogP contribution in [0.25, 0.3) is 0 Å². The van der Waals surface area contributed by atoms with Crippen LogP contribution < -0.4 is 10.1 Å². The number of thioether (sulfide) groups is 1. The SMILES string of the molecule is CC(C)NCc1cc(F)ccc1OCCSC(F)(F)F. The average Bonchev–Trinajstić information content (AvgIpc) is 2.32. The Morgan fingerprint density at radius 3 is 2.60 bits per heavy atom. The van der Waals surface area contributed by atoms with Crippen molar-refractivity contribution in [3.63, 3.8) is 0 Å². The van der Waals surface area contributed by atoms with Gasteiger partial charge in [0.15, 0.2) is 0 Å². The molecule has 2 nitrogen and oxygen atoms in total. The molecule has 7 heteroatoms. The lowest BCUT2D eigenvalue weighted by molar-refractivity contribution is -0.0329. The van der Waals surface area contributed by atoms with Crippen molar-refractivity contribution in [3.05, 3.63) is 29.6 Å². The van der Waals surface area contributed by atoms with Gasteiger partial charge in [-0.2, -0.15) is 13.2 Å². The van der Waals surface area contributed by atoms with E-state index in [-0.39, 0.29) is 30.2 Å². The molecule has 0 aliphatic heterocycles. The molecule has 1 N–H and O–H groups in total. The molecule has 0 fully saturated rings. The van der Waals surface area contributed by atoms with Crippen LogP contribution in [-0.2, 0) is 6.54 Å². The van der Waals surface area contributed by atoms with Crippen LogP contribution in [0, 0.1) is 5.82 Å². The molecule has 114 valence electrons. The van der Waals surface area contributed by atoms with E-state index in [9.17, 15) is 17.6 Å². The van der Waals surface area contributed by atoms with Crippen molar-refractivity contribution >= 4 is 11.8 Å². The Kier molecular flexibility index (Phi) is 6.61. The molecule has 0 saturated carbocycles. The molecule has 0 amide bonds. The highest BCUT2D eigenvalue weighted by Gasteiger charge is 2.27. The fourth-order valence-electron chi connectivity index (χ4n) is 1.45. The Bertz CT molecular complexity index is 423. The van der Waals surface area contributed by atoms with Crippen molar-refractivity contribution < 1.29 is 22.3 Å². The highest BCUT2D eigenvalue weighted by molar-refractivity contribution is 8.00. The summed E-state index contributed by atoms with van der Waals surface area (Å²) >= 11 is -0.135. The van der Waals surface area contributed by atoms with Gasteiger partial charge in [-0.05, 0) is 30.0 Å². The fourth-order valence-corrected chi connectivity index (χ4v) is 1.85. The van der Waals surface area contributed by atoms with Crippen molar-refractivity contribution in [2.24, 2.45) is 0 Å². The molecule has 1 aromatic carbocycles. The Balaban J connectivity index is 2.55. The lowest BCUT2D eigenvalue weighted by atomic mass is 10.2. The van der Waals surface area contributed by atoms with Crippen LogP contribution in [0.1, 0.15) is 19.4 Å². The van der Waals surface area contributed by atoms with Gasteiger partial charge < -0.3 is 10.1 Å². The predicted molar refractivity (Wildman–Crippen MR) is 72.4 cm³/mol. The van der Waals surface area contributed by atoms with Gasteiger partial charge in [0.25, 0.3) is 0 Å². The quantitative estimate of drug-likeness (QED) is 0.608. The third-order valence-corrected chi connectivity index (χ3v) is 3.03. The van der Waals surface area contributed by atoms with Gasteiger partial charge in [-0.25, -0.2) is 4.39 Å². The number of halogens is 4. The third-order valence-electron chi connectivity index (χ3n) is 2.33. The molecule has 0 spiro atoms. The van der Waals surface area contributed by atoms with Crippen LogP contribution in [0.4, 0.5) is 17.6 Å². The van der Waals surface area contributed by atoms with E-state index in [1.54, 1.807) is 0 Å². The topological polar surface area (TPSA) is 21.3 Å². The first kappa shape index (κ1) is 17.1. The van der Waals surface area contributed by atoms with Gasteiger partial charge in [0, 0.05) is 23.9 Å². The van der Waals surface area contributed by atoms with E-state index >= 15 is 0 Å². The maximum Gasteiger partial charge on any atom is 0.441 e. The first-order valence-electron chi connectivity index (χ1n) is 6.13. The molecule has 0 bridgehead atoms. The smallest absolute Gasteiger partial charge is 0.441 e. The lowest BCUT2D eigenvalue weighted by Crippen LogP contribution is -2.22. The summed E-state index contributed by atoms with van der Waals surface area (Å²) in [4.78, 5) is 0. The van der Waals surface area contributed by atoms with Crippen LogP contribution in [0.5, 0.6) is 5.75 Å². The van der Waals surface area contributed by atoms with Crippen LogP contribution in [-0.4, -0.2) is 23.9 Å². The van der Waals surface area contributed by atoms with Crippen molar-refractivity contribution in [2.45, 2.75) is 31.9 Å². The van der Waals surface area contributed by atoms with E-state index in [0.29, 0.717) is 17.9 Å². The molecule has 1 aromatic rings. The monoisotopic (exact) mass is 311 g/mol. The molecule has 0 radical (unpaired) electrons. The van der Waals surface area contributed by atoms with Gasteiger partial charge in [0.05, 0.1) is 6.61 Å². The molecule has 0 atom stereocenters. The Morgan fingerprint density at radius 2 is 2.00 bits per heavy atom. The van der Waals surface area contributed by atoms with Gasteiger partial charge in [0.2, 0.25) is 0 Å². The first-order chi connectivity index (χ1) is 9.28. The lowest BCUT2D eigenvalue weighted by Gasteiger charge is -2.14. The number of benzene rings is 1. The highest BCUT2D eigenvalue weighted by Crippen LogP contribution is 2.30. The second-order valence-corrected chi connectivity index (χ2v) is 5.59. The van der Waals surface area contributed by atoms with E-state index in [2.05, 4.69) is 5.32 Å². The average molecular weight is 311 g/mol. The number of nitrogens with one attached hydrogen (secondary N) is 1. The molecule has 0 aliphatic rings. The van der Waals surface area contributed by atoms with Crippen LogP contribution in [0.15, 0.2) is 18.2 Å². The minimum absolute atomic E-state index is 0.0789. The summed E-state index contributed by atoms with van der Waals surface area (Å²) in [6.45, 7) is 4.21. The van der Waals surface area contributed by atoms with E-state index in [0.717, 1.165) is 0 Å². The Morgan fingerprint density at radius 1 is 1.30 bits per heavy atom. The predicted octanol–water partition coefficient (Wildman–Crippen LogP) is 3.96.